The van der Waals surface area contributed by atoms with Gasteiger partial charge >= 0.3 is 0 Å². The average Bonchev–Trinajstić information content (AvgIpc) is 3.18. The number of likely N-dealkylation sites (tertiary alicyclic amines) is 1. The Morgan fingerprint density at radius 1 is 1.33 bits per heavy atom. The number of hydrogen-bond acceptors (Lipinski definition) is 6. The van der Waals surface area contributed by atoms with Crippen molar-refractivity contribution in [1.82, 2.24) is 9.80 Å². The topological polar surface area (TPSA) is 66.2 Å². The molecule has 1 aromatic heterocycles. The predicted molar refractivity (Wildman–Crippen MR) is 93.3 cm³/mol. The van der Waals surface area contributed by atoms with Crippen LogP contribution in [-0.2, 0) is 10.5 Å². The minimum Gasteiger partial charge on any atom is -0.455 e. The maximum atomic E-state index is 12.7. The number of thioether (sulfide) groups is 1. The Morgan fingerprint density at radius 3 is 2.88 bits per heavy atom. The number of carbonyl (C=O) groups excluding carboxylic acids is 1. The number of amides is 1. The van der Waals surface area contributed by atoms with Crippen molar-refractivity contribution < 1.29 is 19.1 Å². The molecule has 6 nitrogen and oxygen atoms in total. The van der Waals surface area contributed by atoms with Gasteiger partial charge in [-0.3, -0.25) is 4.79 Å². The summed E-state index contributed by atoms with van der Waals surface area (Å²) in [5.74, 6) is 1.70. The average molecular weight is 354 g/mol. The van der Waals surface area contributed by atoms with Gasteiger partial charge in [-0.25, -0.2) is 0 Å². The van der Waals surface area contributed by atoms with Crippen molar-refractivity contribution in [3.05, 3.63) is 23.7 Å². The molecular formula is C17H26N2O4S. The van der Waals surface area contributed by atoms with Crippen LogP contribution in [-0.4, -0.2) is 78.6 Å². The van der Waals surface area contributed by atoms with Gasteiger partial charge in [0.1, 0.15) is 11.4 Å². The largest absolute Gasteiger partial charge is 0.455 e. The molecule has 2 saturated heterocycles. The van der Waals surface area contributed by atoms with E-state index in [1.165, 1.54) is 12.8 Å². The minimum absolute atomic E-state index is 0.173. The van der Waals surface area contributed by atoms with Gasteiger partial charge in [0.2, 0.25) is 0 Å². The fraction of sp³-hybridized carbons (Fsp3) is 0.706. The fourth-order valence-electron chi connectivity index (χ4n) is 3.41. The molecule has 2 aliphatic heterocycles. The third kappa shape index (κ3) is 4.33. The van der Waals surface area contributed by atoms with Crippen LogP contribution in [0.1, 0.15) is 29.2 Å². The summed E-state index contributed by atoms with van der Waals surface area (Å²) in [4.78, 5) is 16.6. The smallest absolute Gasteiger partial charge is 0.289 e. The van der Waals surface area contributed by atoms with E-state index in [2.05, 4.69) is 4.90 Å². The zero-order valence-corrected chi connectivity index (χ0v) is 15.0. The van der Waals surface area contributed by atoms with E-state index < -0.39 is 5.60 Å². The Kier molecular flexibility index (Phi) is 5.86. The highest BCUT2D eigenvalue weighted by Crippen LogP contribution is 2.21. The van der Waals surface area contributed by atoms with E-state index in [9.17, 15) is 9.90 Å². The Balaban J connectivity index is 1.67. The number of ether oxygens (including phenoxy) is 1. The molecule has 3 heterocycles. The quantitative estimate of drug-likeness (QED) is 0.863. The van der Waals surface area contributed by atoms with Crippen LogP contribution in [0.15, 0.2) is 16.5 Å². The fourth-order valence-corrected chi connectivity index (χ4v) is 3.85. The van der Waals surface area contributed by atoms with Gasteiger partial charge in [0.15, 0.2) is 5.76 Å². The highest BCUT2D eigenvalue weighted by atomic mass is 32.2. The van der Waals surface area contributed by atoms with Crippen LogP contribution in [0.25, 0.3) is 0 Å². The number of rotatable bonds is 5. The second kappa shape index (κ2) is 7.91. The Hall–Kier alpha value is -1.02. The summed E-state index contributed by atoms with van der Waals surface area (Å²) >= 11 is 1.65. The van der Waals surface area contributed by atoms with Gasteiger partial charge in [0, 0.05) is 13.1 Å². The van der Waals surface area contributed by atoms with Gasteiger partial charge in [-0.15, -0.1) is 0 Å². The van der Waals surface area contributed by atoms with Crippen LogP contribution < -0.4 is 0 Å². The molecule has 0 aliphatic carbocycles. The molecule has 0 radical (unpaired) electrons. The molecule has 0 aromatic carbocycles. The van der Waals surface area contributed by atoms with Gasteiger partial charge < -0.3 is 24.1 Å². The van der Waals surface area contributed by atoms with Crippen LogP contribution in [0.3, 0.4) is 0 Å². The second-order valence-corrected chi connectivity index (χ2v) is 7.55. The SMILES string of the molecule is CSCc1ccc(C(=O)N2CCOC[C@](O)(CN3CCCC3)C2)o1. The van der Waals surface area contributed by atoms with Gasteiger partial charge in [0.25, 0.3) is 5.91 Å². The van der Waals surface area contributed by atoms with Crippen molar-refractivity contribution in [1.29, 1.82) is 0 Å². The lowest BCUT2D eigenvalue weighted by molar-refractivity contribution is -0.0525. The summed E-state index contributed by atoms with van der Waals surface area (Å²) < 4.78 is 11.2. The summed E-state index contributed by atoms with van der Waals surface area (Å²) in [7, 11) is 0. The normalized spacial score (nSPS) is 25.8. The molecule has 1 atom stereocenters. The molecule has 0 spiro atoms. The van der Waals surface area contributed by atoms with Crippen molar-refractivity contribution >= 4 is 17.7 Å². The lowest BCUT2D eigenvalue weighted by Crippen LogP contribution is -2.52. The summed E-state index contributed by atoms with van der Waals surface area (Å²) in [6.07, 6.45) is 4.34. The molecule has 0 unspecified atom stereocenters. The van der Waals surface area contributed by atoms with E-state index in [1.54, 1.807) is 22.7 Å². The van der Waals surface area contributed by atoms with Gasteiger partial charge in [-0.2, -0.15) is 11.8 Å². The Labute approximate surface area is 147 Å². The summed E-state index contributed by atoms with van der Waals surface area (Å²) in [5.41, 5.74) is -1.02. The van der Waals surface area contributed by atoms with E-state index >= 15 is 0 Å². The monoisotopic (exact) mass is 354 g/mol. The first-order valence-corrected chi connectivity index (χ1v) is 9.88. The van der Waals surface area contributed by atoms with Crippen LogP contribution in [0.5, 0.6) is 0 Å². The molecule has 1 aromatic rings. The van der Waals surface area contributed by atoms with Crippen LogP contribution in [0.4, 0.5) is 0 Å². The van der Waals surface area contributed by atoms with Crippen molar-refractivity contribution in [3.8, 4) is 0 Å². The molecular weight excluding hydrogens is 328 g/mol. The first-order chi connectivity index (χ1) is 11.6. The number of nitrogens with zero attached hydrogens (tertiary/aromatic N) is 2. The van der Waals surface area contributed by atoms with E-state index in [1.807, 2.05) is 12.3 Å². The number of β-amino-alcohol motifs (C(OH)–C–C–N with tert-alkyl or cyclic N) is 1. The zero-order chi connectivity index (χ0) is 17.0. The third-order valence-corrected chi connectivity index (χ3v) is 5.10. The highest BCUT2D eigenvalue weighted by Gasteiger charge is 2.37. The van der Waals surface area contributed by atoms with E-state index in [4.69, 9.17) is 9.15 Å². The highest BCUT2D eigenvalue weighted by molar-refractivity contribution is 7.97. The third-order valence-electron chi connectivity index (χ3n) is 4.52. The molecule has 24 heavy (non-hydrogen) atoms. The van der Waals surface area contributed by atoms with Gasteiger partial charge in [0.05, 0.1) is 25.5 Å². The molecule has 0 bridgehead atoms. The van der Waals surface area contributed by atoms with Crippen molar-refractivity contribution in [2.75, 3.05) is 52.2 Å². The molecule has 3 rings (SSSR count). The summed E-state index contributed by atoms with van der Waals surface area (Å²) in [5, 5.41) is 11.0. The zero-order valence-electron chi connectivity index (χ0n) is 14.2. The van der Waals surface area contributed by atoms with Gasteiger partial charge in [-0.1, -0.05) is 0 Å². The maximum absolute atomic E-state index is 12.7. The number of furan rings is 1. The van der Waals surface area contributed by atoms with Crippen molar-refractivity contribution in [3.63, 3.8) is 0 Å². The lowest BCUT2D eigenvalue weighted by atomic mass is 10.0. The first kappa shape index (κ1) is 17.8. The van der Waals surface area contributed by atoms with E-state index in [-0.39, 0.29) is 19.1 Å². The van der Waals surface area contributed by atoms with Crippen molar-refractivity contribution in [2.24, 2.45) is 0 Å². The van der Waals surface area contributed by atoms with Crippen LogP contribution >= 0.6 is 11.8 Å². The molecule has 0 saturated carbocycles. The Bertz CT molecular complexity index is 559. The molecule has 134 valence electrons. The summed E-state index contributed by atoms with van der Waals surface area (Å²) in [6.45, 7) is 4.02. The first-order valence-electron chi connectivity index (χ1n) is 8.49. The maximum Gasteiger partial charge on any atom is 0.289 e. The number of aliphatic hydroxyl groups is 1. The predicted octanol–water partition coefficient (Wildman–Crippen LogP) is 1.44. The van der Waals surface area contributed by atoms with Gasteiger partial charge in [-0.05, 0) is 44.3 Å². The molecule has 1 N–H and O–H groups in total. The standard InChI is InChI=1S/C17H26N2O4S/c1-24-10-14-4-5-15(23-14)16(20)19-8-9-22-13-17(21,12-19)11-18-6-2-3-7-18/h4-5,21H,2-3,6-13H2,1H3/t17-/m0/s1. The van der Waals surface area contributed by atoms with Crippen LogP contribution in [0, 0.1) is 0 Å². The molecule has 1 amide bonds. The summed E-state index contributed by atoms with van der Waals surface area (Å²) in [6, 6.07) is 3.56. The van der Waals surface area contributed by atoms with Crippen molar-refractivity contribution in [2.45, 2.75) is 24.2 Å². The van der Waals surface area contributed by atoms with E-state index in [0.29, 0.717) is 25.5 Å². The lowest BCUT2D eigenvalue weighted by Gasteiger charge is -2.33. The minimum atomic E-state index is -1.02. The number of hydrogen-bond donors (Lipinski definition) is 1. The molecule has 2 aliphatic rings. The molecule has 2 fully saturated rings. The number of carbonyl (C=O) groups is 1. The second-order valence-electron chi connectivity index (χ2n) is 6.69. The van der Waals surface area contributed by atoms with E-state index in [0.717, 1.165) is 24.6 Å². The van der Waals surface area contributed by atoms with Crippen LogP contribution in [0.2, 0.25) is 0 Å². The Morgan fingerprint density at radius 2 is 2.12 bits per heavy atom. The molecule has 7 heteroatoms.